The molecule has 8 heteroatoms. The molecule has 33 heavy (non-hydrogen) atoms. The summed E-state index contributed by atoms with van der Waals surface area (Å²) in [4.78, 5) is 13.8. The first-order chi connectivity index (χ1) is 16.1. The molecule has 1 aromatic carbocycles. The van der Waals surface area contributed by atoms with Crippen molar-refractivity contribution in [1.29, 1.82) is 0 Å². The van der Waals surface area contributed by atoms with E-state index in [0.717, 1.165) is 43.4 Å². The molecule has 1 atom stereocenters. The smallest absolute Gasteiger partial charge is 0.169 e. The number of hydrogen-bond acceptors (Lipinski definition) is 8. The number of nitrogen functional groups attached to an aromatic ring is 1. The van der Waals surface area contributed by atoms with Gasteiger partial charge < -0.3 is 20.6 Å². The number of nitrogens with two attached hydrogens (primary N) is 1. The molecule has 2 aromatic heterocycles. The van der Waals surface area contributed by atoms with Crippen molar-refractivity contribution in [2.75, 3.05) is 35.2 Å². The van der Waals surface area contributed by atoms with Crippen molar-refractivity contribution >= 4 is 23.4 Å². The minimum atomic E-state index is 0.175. The van der Waals surface area contributed by atoms with Gasteiger partial charge in [0.2, 0.25) is 0 Å². The zero-order valence-electron chi connectivity index (χ0n) is 18.8. The molecule has 0 spiro atoms. The molecule has 170 valence electrons. The lowest BCUT2D eigenvalue weighted by Crippen LogP contribution is -2.35. The van der Waals surface area contributed by atoms with Crippen LogP contribution in [0, 0.1) is 5.92 Å². The molecule has 3 aromatic rings. The molecule has 2 aliphatic rings. The summed E-state index contributed by atoms with van der Waals surface area (Å²) < 4.78 is 0. The molecule has 0 unspecified atom stereocenters. The normalized spacial score (nSPS) is 19.1. The van der Waals surface area contributed by atoms with E-state index >= 15 is 0 Å². The van der Waals surface area contributed by atoms with Crippen LogP contribution >= 0.6 is 0 Å². The van der Waals surface area contributed by atoms with Gasteiger partial charge in [-0.15, -0.1) is 10.2 Å². The van der Waals surface area contributed by atoms with Gasteiger partial charge >= 0.3 is 0 Å². The lowest BCUT2D eigenvalue weighted by Gasteiger charge is -2.28. The Kier molecular flexibility index (Phi) is 5.81. The van der Waals surface area contributed by atoms with Crippen LogP contribution in [0.1, 0.15) is 32.0 Å². The number of aromatic nitrogens is 4. The largest absolute Gasteiger partial charge is 0.507 e. The summed E-state index contributed by atoms with van der Waals surface area (Å²) >= 11 is 0. The molecule has 8 nitrogen and oxygen atoms in total. The van der Waals surface area contributed by atoms with Crippen LogP contribution in [-0.4, -0.2) is 50.9 Å². The Morgan fingerprint density at radius 1 is 1.06 bits per heavy atom. The number of phenolic OH excluding ortho intramolecular Hbond substituents is 1. The highest BCUT2D eigenvalue weighted by atomic mass is 16.3. The Morgan fingerprint density at radius 3 is 2.73 bits per heavy atom. The van der Waals surface area contributed by atoms with E-state index in [-0.39, 0.29) is 5.75 Å². The van der Waals surface area contributed by atoms with Gasteiger partial charge in [-0.2, -0.15) is 0 Å². The van der Waals surface area contributed by atoms with E-state index in [1.165, 1.54) is 12.8 Å². The third-order valence-corrected chi connectivity index (χ3v) is 6.37. The van der Waals surface area contributed by atoms with Gasteiger partial charge in [0.25, 0.3) is 0 Å². The molecule has 1 aliphatic carbocycles. The lowest BCUT2D eigenvalue weighted by atomic mass is 10.1. The molecule has 0 bridgehead atoms. The third-order valence-electron chi connectivity index (χ3n) is 6.37. The summed E-state index contributed by atoms with van der Waals surface area (Å²) in [6.07, 6.45) is 9.59. The van der Waals surface area contributed by atoms with Gasteiger partial charge in [0.1, 0.15) is 11.6 Å². The van der Waals surface area contributed by atoms with Crippen molar-refractivity contribution in [2.24, 2.45) is 5.92 Å². The average molecular weight is 444 g/mol. The lowest BCUT2D eigenvalue weighted by molar-refractivity contribution is 0.477. The molecule has 3 heterocycles. The summed E-state index contributed by atoms with van der Waals surface area (Å²) in [5, 5.41) is 18.6. The van der Waals surface area contributed by atoms with Crippen molar-refractivity contribution in [3.05, 3.63) is 54.5 Å². The second kappa shape index (κ2) is 9.05. The minimum absolute atomic E-state index is 0.175. The number of allylic oxidation sites excluding steroid dienone is 1. The molecule has 1 saturated carbocycles. The minimum Gasteiger partial charge on any atom is -0.507 e. The van der Waals surface area contributed by atoms with Crippen molar-refractivity contribution in [1.82, 2.24) is 20.2 Å². The van der Waals surface area contributed by atoms with E-state index in [1.807, 2.05) is 36.5 Å². The Morgan fingerprint density at radius 2 is 1.91 bits per heavy atom. The first kappa shape index (κ1) is 21.2. The average Bonchev–Trinajstić information content (AvgIpc) is 3.67. The van der Waals surface area contributed by atoms with Crippen LogP contribution in [0.3, 0.4) is 0 Å². The first-order valence-electron chi connectivity index (χ1n) is 11.5. The Hall–Kier alpha value is -3.68. The van der Waals surface area contributed by atoms with Crippen LogP contribution in [0.5, 0.6) is 5.75 Å². The van der Waals surface area contributed by atoms with Gasteiger partial charge in [-0.3, -0.25) is 0 Å². The highest BCUT2D eigenvalue weighted by Crippen LogP contribution is 2.33. The van der Waals surface area contributed by atoms with E-state index in [0.29, 0.717) is 29.0 Å². The summed E-state index contributed by atoms with van der Waals surface area (Å²) in [7, 11) is 0. The number of para-hydroxylation sites is 1. The molecule has 1 aliphatic heterocycles. The molecule has 5 rings (SSSR count). The van der Waals surface area contributed by atoms with Gasteiger partial charge in [-0.25, -0.2) is 9.97 Å². The van der Waals surface area contributed by atoms with Crippen molar-refractivity contribution < 1.29 is 5.11 Å². The zero-order chi connectivity index (χ0) is 22.8. The third kappa shape index (κ3) is 4.74. The zero-order valence-corrected chi connectivity index (χ0v) is 18.8. The molecule has 0 radical (unpaired) electrons. The van der Waals surface area contributed by atoms with Crippen molar-refractivity contribution in [3.63, 3.8) is 0 Å². The molecular weight excluding hydrogens is 414 g/mol. The number of hydrogen-bond donors (Lipinski definition) is 2. The maximum Gasteiger partial charge on any atom is 0.169 e. The predicted octanol–water partition coefficient (Wildman–Crippen LogP) is 3.75. The quantitative estimate of drug-likeness (QED) is 0.614. The standard InChI is InChI=1S/C25H29N7O/c1-17-11-13-31(21-16-20(29-30-25(21)26)19-4-2-3-5-22(19)33)14-15-32(17)24-10-12-27-23(28-24)9-8-18-6-7-18/h2-5,8-10,12,16-18,33H,6-7,11,13-15H2,1H3,(H2,26,30)/b9-8+/t17-/m1/s1. The van der Waals surface area contributed by atoms with Crippen molar-refractivity contribution in [3.8, 4) is 17.0 Å². The number of benzene rings is 1. The monoisotopic (exact) mass is 443 g/mol. The topological polar surface area (TPSA) is 104 Å². The van der Waals surface area contributed by atoms with E-state index in [4.69, 9.17) is 10.7 Å². The van der Waals surface area contributed by atoms with Gasteiger partial charge in [0.05, 0.1) is 11.4 Å². The van der Waals surface area contributed by atoms with Crippen LogP contribution in [0.15, 0.2) is 48.7 Å². The molecule has 3 N–H and O–H groups in total. The fourth-order valence-electron chi connectivity index (χ4n) is 4.22. The first-order valence-corrected chi connectivity index (χ1v) is 11.5. The SMILES string of the molecule is C[C@@H]1CCN(c2cc(-c3ccccc3O)nnc2N)CCN1c1ccnc(/C=C/C2CC2)n1. The van der Waals surface area contributed by atoms with Crippen LogP contribution < -0.4 is 15.5 Å². The second-order valence-electron chi connectivity index (χ2n) is 8.80. The summed E-state index contributed by atoms with van der Waals surface area (Å²) in [6, 6.07) is 11.4. The predicted molar refractivity (Wildman–Crippen MR) is 131 cm³/mol. The second-order valence-corrected chi connectivity index (χ2v) is 8.80. The van der Waals surface area contributed by atoms with E-state index < -0.39 is 0 Å². The van der Waals surface area contributed by atoms with Gasteiger partial charge in [0, 0.05) is 37.4 Å². The Labute approximate surface area is 193 Å². The van der Waals surface area contributed by atoms with Crippen molar-refractivity contribution in [2.45, 2.75) is 32.2 Å². The number of aromatic hydroxyl groups is 1. The highest BCUT2D eigenvalue weighted by molar-refractivity contribution is 5.74. The number of nitrogens with zero attached hydrogens (tertiary/aromatic N) is 6. The summed E-state index contributed by atoms with van der Waals surface area (Å²) in [5.41, 5.74) is 8.32. The maximum atomic E-state index is 10.2. The maximum absolute atomic E-state index is 10.2. The number of rotatable bonds is 5. The van der Waals surface area contributed by atoms with Gasteiger partial charge in [-0.05, 0) is 62.4 Å². The highest BCUT2D eigenvalue weighted by Gasteiger charge is 2.24. The van der Waals surface area contributed by atoms with Crippen LogP contribution in [0.4, 0.5) is 17.3 Å². The molecule has 1 saturated heterocycles. The fourth-order valence-corrected chi connectivity index (χ4v) is 4.22. The van der Waals surface area contributed by atoms with Gasteiger partial charge in [-0.1, -0.05) is 18.2 Å². The molecular formula is C25H29N7O. The Bertz CT molecular complexity index is 1160. The van der Waals surface area contributed by atoms with Crippen LogP contribution in [0.25, 0.3) is 17.3 Å². The molecule has 2 fully saturated rings. The number of phenols is 1. The van der Waals surface area contributed by atoms with E-state index in [2.05, 4.69) is 38.0 Å². The summed E-state index contributed by atoms with van der Waals surface area (Å²) in [6.45, 7) is 4.65. The van der Waals surface area contributed by atoms with E-state index in [9.17, 15) is 5.11 Å². The fraction of sp³-hybridized carbons (Fsp3) is 0.360. The van der Waals surface area contributed by atoms with Crippen LogP contribution in [-0.2, 0) is 0 Å². The summed E-state index contributed by atoms with van der Waals surface area (Å²) in [5.74, 6) is 2.98. The van der Waals surface area contributed by atoms with Crippen LogP contribution in [0.2, 0.25) is 0 Å². The van der Waals surface area contributed by atoms with E-state index in [1.54, 1.807) is 12.1 Å². The molecule has 0 amide bonds. The number of anilines is 3. The van der Waals surface area contributed by atoms with Gasteiger partial charge in [0.15, 0.2) is 11.6 Å². The Balaban J connectivity index is 1.36.